The first kappa shape index (κ1) is 20.2. The molecule has 8 heteroatoms. The number of nitrogens with zero attached hydrogens (tertiary/aromatic N) is 4. The molecular weight excluding hydrogens is 361 g/mol. The molecular formula is C20H30FN5O2. The molecule has 1 aromatic rings. The van der Waals surface area contributed by atoms with Gasteiger partial charge in [-0.2, -0.15) is 0 Å². The van der Waals surface area contributed by atoms with Crippen LogP contribution in [-0.4, -0.2) is 73.8 Å². The second kappa shape index (κ2) is 7.85. The number of carbonyl (C=O) groups is 1. The van der Waals surface area contributed by atoms with Crippen molar-refractivity contribution in [1.29, 1.82) is 0 Å². The Morgan fingerprint density at radius 1 is 1.36 bits per heavy atom. The van der Waals surface area contributed by atoms with E-state index < -0.39 is 5.60 Å². The molecule has 28 heavy (non-hydrogen) atoms. The van der Waals surface area contributed by atoms with Gasteiger partial charge in [0.05, 0.1) is 18.3 Å². The number of benzene rings is 1. The molecule has 3 rings (SSSR count). The number of hydrogen-bond acceptors (Lipinski definition) is 6. The Labute approximate surface area is 166 Å². The van der Waals surface area contributed by atoms with Crippen LogP contribution in [0.15, 0.2) is 23.2 Å². The van der Waals surface area contributed by atoms with E-state index in [9.17, 15) is 9.18 Å². The van der Waals surface area contributed by atoms with Gasteiger partial charge in [-0.25, -0.2) is 9.18 Å². The number of anilines is 1. The van der Waals surface area contributed by atoms with Gasteiger partial charge in [0.2, 0.25) is 0 Å². The largest absolute Gasteiger partial charge is 0.444 e. The number of piperazine rings is 1. The summed E-state index contributed by atoms with van der Waals surface area (Å²) in [5.41, 5.74) is 0.937. The lowest BCUT2D eigenvalue weighted by Crippen LogP contribution is -2.57. The third kappa shape index (κ3) is 4.66. The van der Waals surface area contributed by atoms with Crippen LogP contribution >= 0.6 is 0 Å². The Kier molecular flexibility index (Phi) is 5.67. The SMILES string of the molecule is CN(C)c1ccc(CNC2=NCC3CN(C(=O)OC(C)(C)C)CCN23)cc1F. The molecule has 1 N–H and O–H groups in total. The van der Waals surface area contributed by atoms with E-state index >= 15 is 0 Å². The van der Waals surface area contributed by atoms with E-state index in [2.05, 4.69) is 15.2 Å². The fourth-order valence-electron chi connectivity index (χ4n) is 3.43. The second-order valence-corrected chi connectivity index (χ2v) is 8.47. The van der Waals surface area contributed by atoms with Crippen molar-refractivity contribution in [2.75, 3.05) is 45.2 Å². The predicted molar refractivity (Wildman–Crippen MR) is 108 cm³/mol. The highest BCUT2D eigenvalue weighted by atomic mass is 19.1. The number of ether oxygens (including phenoxy) is 1. The van der Waals surface area contributed by atoms with Crippen LogP contribution in [0, 0.1) is 5.82 Å². The Balaban J connectivity index is 1.54. The molecule has 1 fully saturated rings. The summed E-state index contributed by atoms with van der Waals surface area (Å²) < 4.78 is 19.6. The number of carbonyl (C=O) groups excluding carboxylic acids is 1. The second-order valence-electron chi connectivity index (χ2n) is 8.47. The van der Waals surface area contributed by atoms with Crippen molar-refractivity contribution in [3.05, 3.63) is 29.6 Å². The van der Waals surface area contributed by atoms with Crippen LogP contribution in [0.2, 0.25) is 0 Å². The standard InChI is InChI=1S/C20H30FN5O2/c1-20(2,3)28-19(27)25-8-9-26-15(13-25)12-23-18(26)22-11-14-6-7-17(24(4)5)16(21)10-14/h6-7,10,15H,8-9,11-13H2,1-5H3,(H,22,23). The van der Waals surface area contributed by atoms with Gasteiger partial charge in [0.1, 0.15) is 11.4 Å². The normalized spacial score (nSPS) is 19.2. The molecule has 1 saturated heterocycles. The molecule has 0 aromatic heterocycles. The highest BCUT2D eigenvalue weighted by molar-refractivity contribution is 5.82. The molecule has 1 aromatic carbocycles. The molecule has 154 valence electrons. The number of fused-ring (bicyclic) bond motifs is 1. The molecule has 1 atom stereocenters. The third-order valence-electron chi connectivity index (χ3n) is 4.80. The zero-order valence-corrected chi connectivity index (χ0v) is 17.3. The molecule has 0 spiro atoms. The predicted octanol–water partition coefficient (Wildman–Crippen LogP) is 2.27. The van der Waals surface area contributed by atoms with Gasteiger partial charge in [0, 0.05) is 40.3 Å². The van der Waals surface area contributed by atoms with Crippen LogP contribution in [-0.2, 0) is 11.3 Å². The van der Waals surface area contributed by atoms with Gasteiger partial charge >= 0.3 is 6.09 Å². The average Bonchev–Trinajstić information content (AvgIpc) is 3.00. The number of rotatable bonds is 3. The van der Waals surface area contributed by atoms with Gasteiger partial charge in [0.25, 0.3) is 0 Å². The highest BCUT2D eigenvalue weighted by Gasteiger charge is 2.36. The quantitative estimate of drug-likeness (QED) is 0.857. The highest BCUT2D eigenvalue weighted by Crippen LogP contribution is 2.20. The maximum Gasteiger partial charge on any atom is 0.410 e. The fraction of sp³-hybridized carbons (Fsp3) is 0.600. The number of hydrogen-bond donors (Lipinski definition) is 1. The summed E-state index contributed by atoms with van der Waals surface area (Å²) in [5, 5.41) is 3.32. The summed E-state index contributed by atoms with van der Waals surface area (Å²) in [7, 11) is 3.64. The van der Waals surface area contributed by atoms with Crippen molar-refractivity contribution in [2.24, 2.45) is 4.99 Å². The maximum absolute atomic E-state index is 14.1. The Bertz CT molecular complexity index is 759. The molecule has 0 aliphatic carbocycles. The lowest BCUT2D eigenvalue weighted by molar-refractivity contribution is 0.0137. The van der Waals surface area contributed by atoms with Crippen molar-refractivity contribution in [1.82, 2.24) is 15.1 Å². The molecule has 2 aliphatic heterocycles. The Morgan fingerprint density at radius 2 is 2.11 bits per heavy atom. The summed E-state index contributed by atoms with van der Waals surface area (Å²) in [5.74, 6) is 0.576. The van der Waals surface area contributed by atoms with E-state index in [1.807, 2.05) is 40.9 Å². The molecule has 1 amide bonds. The van der Waals surface area contributed by atoms with E-state index in [0.717, 1.165) is 11.5 Å². The molecule has 1 unspecified atom stereocenters. The fourth-order valence-corrected chi connectivity index (χ4v) is 3.43. The van der Waals surface area contributed by atoms with E-state index in [0.29, 0.717) is 38.4 Å². The Morgan fingerprint density at radius 3 is 2.75 bits per heavy atom. The summed E-state index contributed by atoms with van der Waals surface area (Å²) in [6.07, 6.45) is -0.273. The molecule has 0 bridgehead atoms. The topological polar surface area (TPSA) is 60.4 Å². The van der Waals surface area contributed by atoms with E-state index in [1.54, 1.807) is 21.9 Å². The van der Waals surface area contributed by atoms with Crippen molar-refractivity contribution >= 4 is 17.7 Å². The molecule has 2 aliphatic rings. The van der Waals surface area contributed by atoms with Crippen LogP contribution in [0.25, 0.3) is 0 Å². The van der Waals surface area contributed by atoms with Crippen molar-refractivity contribution in [3.8, 4) is 0 Å². The van der Waals surface area contributed by atoms with E-state index in [1.165, 1.54) is 0 Å². The van der Waals surface area contributed by atoms with Crippen molar-refractivity contribution in [3.63, 3.8) is 0 Å². The number of aliphatic imine (C=N–C) groups is 1. The summed E-state index contributed by atoms with van der Waals surface area (Å²) in [6, 6.07) is 5.40. The summed E-state index contributed by atoms with van der Waals surface area (Å²) in [4.78, 5) is 22.6. The zero-order chi connectivity index (χ0) is 20.5. The number of guanidine groups is 1. The van der Waals surface area contributed by atoms with Crippen molar-refractivity contribution in [2.45, 2.75) is 39.0 Å². The minimum atomic E-state index is -0.496. The van der Waals surface area contributed by atoms with Gasteiger partial charge in [-0.15, -0.1) is 0 Å². The van der Waals surface area contributed by atoms with Crippen LogP contribution in [0.4, 0.5) is 14.9 Å². The number of nitrogens with one attached hydrogen (secondary N) is 1. The van der Waals surface area contributed by atoms with Gasteiger partial charge in [0.15, 0.2) is 5.96 Å². The molecule has 2 heterocycles. The molecule has 0 radical (unpaired) electrons. The first-order valence-electron chi connectivity index (χ1n) is 9.62. The molecule has 7 nitrogen and oxygen atoms in total. The van der Waals surface area contributed by atoms with Gasteiger partial charge in [-0.1, -0.05) is 6.07 Å². The van der Waals surface area contributed by atoms with Crippen LogP contribution in [0.3, 0.4) is 0 Å². The van der Waals surface area contributed by atoms with Gasteiger partial charge in [-0.05, 0) is 38.5 Å². The average molecular weight is 391 g/mol. The van der Waals surface area contributed by atoms with E-state index in [-0.39, 0.29) is 18.0 Å². The van der Waals surface area contributed by atoms with Crippen molar-refractivity contribution < 1.29 is 13.9 Å². The number of halogens is 1. The van der Waals surface area contributed by atoms with Crippen LogP contribution < -0.4 is 10.2 Å². The lowest BCUT2D eigenvalue weighted by Gasteiger charge is -2.39. The third-order valence-corrected chi connectivity index (χ3v) is 4.80. The number of amides is 1. The Hall–Kier alpha value is -2.51. The van der Waals surface area contributed by atoms with Gasteiger partial charge < -0.3 is 24.8 Å². The summed E-state index contributed by atoms with van der Waals surface area (Å²) >= 11 is 0. The minimum Gasteiger partial charge on any atom is -0.444 e. The zero-order valence-electron chi connectivity index (χ0n) is 17.3. The first-order chi connectivity index (χ1) is 13.1. The smallest absolute Gasteiger partial charge is 0.410 e. The first-order valence-corrected chi connectivity index (χ1v) is 9.62. The summed E-state index contributed by atoms with van der Waals surface area (Å²) in [6.45, 7) is 8.64. The van der Waals surface area contributed by atoms with E-state index in [4.69, 9.17) is 4.74 Å². The monoisotopic (exact) mass is 391 g/mol. The maximum atomic E-state index is 14.1. The van der Waals surface area contributed by atoms with Crippen LogP contribution in [0.5, 0.6) is 0 Å². The minimum absolute atomic E-state index is 0.150. The van der Waals surface area contributed by atoms with Crippen LogP contribution in [0.1, 0.15) is 26.3 Å². The van der Waals surface area contributed by atoms with Gasteiger partial charge in [-0.3, -0.25) is 4.99 Å². The lowest BCUT2D eigenvalue weighted by atomic mass is 10.2. The molecule has 0 saturated carbocycles.